The molecule has 0 fully saturated rings. The lowest BCUT2D eigenvalue weighted by Crippen LogP contribution is -2.04. The molecule has 0 spiro atoms. The molecule has 0 radical (unpaired) electrons. The van der Waals surface area contributed by atoms with Crippen LogP contribution in [0.4, 0.5) is 17.1 Å². The van der Waals surface area contributed by atoms with E-state index in [1.165, 1.54) is 11.1 Å². The molecule has 3 heteroatoms. The van der Waals surface area contributed by atoms with Crippen LogP contribution >= 0.6 is 0 Å². The normalized spacial score (nSPS) is 10.6. The second-order valence-corrected chi connectivity index (χ2v) is 4.72. The number of rotatable bonds is 3. The summed E-state index contributed by atoms with van der Waals surface area (Å²) < 4.78 is 0. The van der Waals surface area contributed by atoms with Gasteiger partial charge < -0.3 is 17.2 Å². The summed E-state index contributed by atoms with van der Waals surface area (Å²) in [5.74, 6) is 0. The molecule has 19 heavy (non-hydrogen) atoms. The third-order valence-corrected chi connectivity index (χ3v) is 3.52. The second kappa shape index (κ2) is 5.22. The third kappa shape index (κ3) is 2.36. The van der Waals surface area contributed by atoms with Crippen LogP contribution in [0.25, 0.3) is 11.1 Å². The first kappa shape index (κ1) is 13.3. The third-order valence-electron chi connectivity index (χ3n) is 3.52. The molecule has 3 nitrogen and oxygen atoms in total. The predicted octanol–water partition coefficient (Wildman–Crippen LogP) is 3.23. The Morgan fingerprint density at radius 3 is 2.05 bits per heavy atom. The topological polar surface area (TPSA) is 78.1 Å². The van der Waals surface area contributed by atoms with E-state index in [9.17, 15) is 0 Å². The van der Waals surface area contributed by atoms with E-state index in [1.54, 1.807) is 0 Å². The average Bonchev–Trinajstić information content (AvgIpc) is 2.42. The quantitative estimate of drug-likeness (QED) is 0.737. The molecule has 0 aliphatic rings. The fourth-order valence-corrected chi connectivity index (χ4v) is 2.50. The van der Waals surface area contributed by atoms with Crippen LogP contribution in [0.3, 0.4) is 0 Å². The number of benzene rings is 2. The summed E-state index contributed by atoms with van der Waals surface area (Å²) in [6, 6.07) is 9.90. The summed E-state index contributed by atoms with van der Waals surface area (Å²) in [6.45, 7) is 4.23. The maximum atomic E-state index is 6.14. The van der Waals surface area contributed by atoms with E-state index in [-0.39, 0.29) is 0 Å². The molecular weight excluding hydrogens is 234 g/mol. The lowest BCUT2D eigenvalue weighted by Gasteiger charge is -2.18. The Morgan fingerprint density at radius 1 is 0.895 bits per heavy atom. The van der Waals surface area contributed by atoms with Crippen molar-refractivity contribution in [2.45, 2.75) is 26.7 Å². The average molecular weight is 255 g/mol. The minimum Gasteiger partial charge on any atom is -0.399 e. The van der Waals surface area contributed by atoms with Gasteiger partial charge in [0.1, 0.15) is 0 Å². The van der Waals surface area contributed by atoms with Crippen LogP contribution < -0.4 is 17.2 Å². The van der Waals surface area contributed by atoms with Crippen LogP contribution in [0.2, 0.25) is 0 Å². The van der Waals surface area contributed by atoms with Crippen molar-refractivity contribution in [3.05, 3.63) is 41.5 Å². The Labute approximate surface area is 114 Å². The molecule has 0 aromatic heterocycles. The zero-order valence-corrected chi connectivity index (χ0v) is 11.5. The monoisotopic (exact) mass is 255 g/mol. The van der Waals surface area contributed by atoms with Gasteiger partial charge in [-0.05, 0) is 53.3 Å². The van der Waals surface area contributed by atoms with Gasteiger partial charge in [-0.2, -0.15) is 0 Å². The molecule has 0 amide bonds. The highest BCUT2D eigenvalue weighted by Gasteiger charge is 2.14. The highest BCUT2D eigenvalue weighted by atomic mass is 14.7. The molecule has 0 aliphatic carbocycles. The lowest BCUT2D eigenvalue weighted by atomic mass is 9.90. The van der Waals surface area contributed by atoms with Gasteiger partial charge in [-0.15, -0.1) is 0 Å². The number of anilines is 3. The van der Waals surface area contributed by atoms with E-state index in [1.807, 2.05) is 30.3 Å². The summed E-state index contributed by atoms with van der Waals surface area (Å²) in [5.41, 5.74) is 24.7. The highest BCUT2D eigenvalue weighted by Crippen LogP contribution is 2.36. The minimum atomic E-state index is 0.674. The molecule has 6 N–H and O–H groups in total. The van der Waals surface area contributed by atoms with Gasteiger partial charge in [0.2, 0.25) is 0 Å². The van der Waals surface area contributed by atoms with Crippen molar-refractivity contribution in [2.24, 2.45) is 0 Å². The second-order valence-electron chi connectivity index (χ2n) is 4.72. The standard InChI is InChI=1S/C16H21N3/c1-3-10-9-14(18)16(19)13(4-2)15(10)11-5-7-12(17)8-6-11/h5-9H,3-4,17-19H2,1-2H3. The van der Waals surface area contributed by atoms with Gasteiger partial charge >= 0.3 is 0 Å². The summed E-state index contributed by atoms with van der Waals surface area (Å²) >= 11 is 0. The summed E-state index contributed by atoms with van der Waals surface area (Å²) in [7, 11) is 0. The molecule has 0 saturated carbocycles. The van der Waals surface area contributed by atoms with E-state index in [0.29, 0.717) is 11.4 Å². The van der Waals surface area contributed by atoms with Gasteiger partial charge in [0.15, 0.2) is 0 Å². The van der Waals surface area contributed by atoms with Crippen molar-refractivity contribution in [3.8, 4) is 11.1 Å². The Morgan fingerprint density at radius 2 is 1.53 bits per heavy atom. The van der Waals surface area contributed by atoms with Crippen LogP contribution in [0.1, 0.15) is 25.0 Å². The van der Waals surface area contributed by atoms with Crippen LogP contribution in [-0.2, 0) is 12.8 Å². The first-order valence-electron chi connectivity index (χ1n) is 6.64. The SMILES string of the molecule is CCc1cc(N)c(N)c(CC)c1-c1ccc(N)cc1. The molecule has 0 atom stereocenters. The zero-order valence-electron chi connectivity index (χ0n) is 11.5. The van der Waals surface area contributed by atoms with Crippen LogP contribution in [0.15, 0.2) is 30.3 Å². The molecule has 0 bridgehead atoms. The van der Waals surface area contributed by atoms with Gasteiger partial charge in [-0.3, -0.25) is 0 Å². The van der Waals surface area contributed by atoms with Gasteiger partial charge in [-0.25, -0.2) is 0 Å². The fourth-order valence-electron chi connectivity index (χ4n) is 2.50. The van der Waals surface area contributed by atoms with Crippen LogP contribution in [0, 0.1) is 0 Å². The van der Waals surface area contributed by atoms with E-state index >= 15 is 0 Å². The molecule has 100 valence electrons. The van der Waals surface area contributed by atoms with E-state index in [0.717, 1.165) is 29.7 Å². The minimum absolute atomic E-state index is 0.674. The van der Waals surface area contributed by atoms with Gasteiger partial charge in [0, 0.05) is 5.69 Å². The smallest absolute Gasteiger partial charge is 0.0586 e. The first-order chi connectivity index (χ1) is 9.08. The van der Waals surface area contributed by atoms with E-state index in [2.05, 4.69) is 13.8 Å². The van der Waals surface area contributed by atoms with Crippen molar-refractivity contribution in [1.29, 1.82) is 0 Å². The molecule has 0 heterocycles. The van der Waals surface area contributed by atoms with Crippen molar-refractivity contribution < 1.29 is 0 Å². The Balaban J connectivity index is 2.73. The molecule has 2 aromatic rings. The van der Waals surface area contributed by atoms with Crippen LogP contribution in [-0.4, -0.2) is 0 Å². The Kier molecular flexibility index (Phi) is 3.65. The molecular formula is C16H21N3. The molecule has 0 aliphatic heterocycles. The fraction of sp³-hybridized carbons (Fsp3) is 0.250. The first-order valence-corrected chi connectivity index (χ1v) is 6.64. The van der Waals surface area contributed by atoms with Crippen molar-refractivity contribution >= 4 is 17.1 Å². The van der Waals surface area contributed by atoms with Gasteiger partial charge in [-0.1, -0.05) is 26.0 Å². The molecule has 2 aromatic carbocycles. The summed E-state index contributed by atoms with van der Waals surface area (Å²) in [5, 5.41) is 0. The van der Waals surface area contributed by atoms with Gasteiger partial charge in [0.25, 0.3) is 0 Å². The maximum Gasteiger partial charge on any atom is 0.0586 e. The number of hydrogen-bond acceptors (Lipinski definition) is 3. The number of nitrogens with two attached hydrogens (primary N) is 3. The van der Waals surface area contributed by atoms with E-state index < -0.39 is 0 Å². The number of hydrogen-bond donors (Lipinski definition) is 3. The predicted molar refractivity (Wildman–Crippen MR) is 83.9 cm³/mol. The highest BCUT2D eigenvalue weighted by molar-refractivity contribution is 5.83. The number of aryl methyl sites for hydroxylation is 1. The van der Waals surface area contributed by atoms with Crippen LogP contribution in [0.5, 0.6) is 0 Å². The molecule has 0 unspecified atom stereocenters. The van der Waals surface area contributed by atoms with E-state index in [4.69, 9.17) is 17.2 Å². The maximum absolute atomic E-state index is 6.14. The Hall–Kier alpha value is -2.16. The lowest BCUT2D eigenvalue weighted by molar-refractivity contribution is 1.10. The van der Waals surface area contributed by atoms with Crippen molar-refractivity contribution in [1.82, 2.24) is 0 Å². The molecule has 2 rings (SSSR count). The largest absolute Gasteiger partial charge is 0.399 e. The van der Waals surface area contributed by atoms with Crippen molar-refractivity contribution in [3.63, 3.8) is 0 Å². The van der Waals surface area contributed by atoms with Gasteiger partial charge in [0.05, 0.1) is 11.4 Å². The van der Waals surface area contributed by atoms with Crippen molar-refractivity contribution in [2.75, 3.05) is 17.2 Å². The summed E-state index contributed by atoms with van der Waals surface area (Å²) in [6.07, 6.45) is 1.79. The zero-order chi connectivity index (χ0) is 14.0. The summed E-state index contributed by atoms with van der Waals surface area (Å²) in [4.78, 5) is 0. The number of nitrogen functional groups attached to an aromatic ring is 3. The Bertz CT molecular complexity index is 586. The molecule has 0 saturated heterocycles.